The van der Waals surface area contributed by atoms with E-state index >= 15 is 0 Å². The number of aliphatic hydroxyl groups is 1. The number of amides is 1. The Bertz CT molecular complexity index is 793. The third-order valence-corrected chi connectivity index (χ3v) is 4.72. The van der Waals surface area contributed by atoms with Crippen LogP contribution in [-0.2, 0) is 4.74 Å². The van der Waals surface area contributed by atoms with Crippen LogP contribution in [0, 0.1) is 0 Å². The Labute approximate surface area is 163 Å². The summed E-state index contributed by atoms with van der Waals surface area (Å²) in [6.07, 6.45) is 0.0839. The van der Waals surface area contributed by atoms with Gasteiger partial charge in [0.25, 0.3) is 0 Å². The summed E-state index contributed by atoms with van der Waals surface area (Å²) >= 11 is 10.6. The number of furan rings is 1. The van der Waals surface area contributed by atoms with Gasteiger partial charge in [-0.15, -0.1) is 11.8 Å². The Hall–Kier alpha value is -1.03. The second-order valence-electron chi connectivity index (χ2n) is 6.34. The average molecular weight is 453 g/mol. The molecule has 2 N–H and O–H groups in total. The maximum atomic E-state index is 11.9. The fraction of sp³-hybridized carbons (Fsp3) is 0.533. The van der Waals surface area contributed by atoms with E-state index in [1.54, 1.807) is 27.7 Å². The predicted octanol–water partition coefficient (Wildman–Crippen LogP) is 4.31. The van der Waals surface area contributed by atoms with Gasteiger partial charge in [0.05, 0.1) is 10.5 Å². The van der Waals surface area contributed by atoms with E-state index in [2.05, 4.69) is 31.2 Å². The molecule has 10 heteroatoms. The van der Waals surface area contributed by atoms with Gasteiger partial charge in [0.1, 0.15) is 22.2 Å². The van der Waals surface area contributed by atoms with Crippen molar-refractivity contribution in [1.29, 1.82) is 0 Å². The third kappa shape index (κ3) is 4.78. The zero-order valence-electron chi connectivity index (χ0n) is 14.4. The number of hydrogen-bond acceptors (Lipinski definition) is 7. The molecular formula is C15H19BrClN3O4S. The molecule has 0 fully saturated rings. The van der Waals surface area contributed by atoms with E-state index in [0.717, 1.165) is 0 Å². The highest BCUT2D eigenvalue weighted by Gasteiger charge is 2.29. The summed E-state index contributed by atoms with van der Waals surface area (Å²) in [5, 5.41) is 13.8. The first kappa shape index (κ1) is 20.3. The van der Waals surface area contributed by atoms with E-state index in [1.165, 1.54) is 11.8 Å². The Morgan fingerprint density at radius 2 is 2.08 bits per heavy atom. The molecule has 0 spiro atoms. The van der Waals surface area contributed by atoms with Crippen molar-refractivity contribution in [2.75, 3.05) is 6.26 Å². The number of alkyl carbamates (subject to hydrolysis) is 1. The van der Waals surface area contributed by atoms with E-state index in [0.29, 0.717) is 20.6 Å². The molecule has 7 nitrogen and oxygen atoms in total. The molecule has 0 bridgehead atoms. The number of halogens is 2. The van der Waals surface area contributed by atoms with Crippen molar-refractivity contribution in [3.8, 4) is 0 Å². The molecule has 0 saturated carbocycles. The topological polar surface area (TPSA) is 97.5 Å². The summed E-state index contributed by atoms with van der Waals surface area (Å²) in [5.41, 5.74) is 0.249. The van der Waals surface area contributed by atoms with Crippen molar-refractivity contribution in [3.05, 3.63) is 15.5 Å². The Morgan fingerprint density at radius 3 is 2.64 bits per heavy atom. The molecule has 2 aromatic rings. The van der Waals surface area contributed by atoms with Crippen LogP contribution in [0.2, 0.25) is 5.28 Å². The lowest BCUT2D eigenvalue weighted by atomic mass is 10.1. The van der Waals surface area contributed by atoms with E-state index in [4.69, 9.17) is 20.8 Å². The lowest BCUT2D eigenvalue weighted by molar-refractivity contribution is 0.0416. The van der Waals surface area contributed by atoms with Gasteiger partial charge in [0, 0.05) is 0 Å². The second-order valence-corrected chi connectivity index (χ2v) is 8.27. The number of aromatic nitrogens is 2. The predicted molar refractivity (Wildman–Crippen MR) is 100 cm³/mol. The number of aliphatic hydroxyl groups excluding tert-OH is 1. The molecule has 2 heterocycles. The molecule has 138 valence electrons. The molecule has 2 unspecified atom stereocenters. The lowest BCUT2D eigenvalue weighted by Crippen LogP contribution is -2.40. The average Bonchev–Trinajstić information content (AvgIpc) is 2.81. The lowest BCUT2D eigenvalue weighted by Gasteiger charge is -2.23. The number of carbonyl (C=O) groups is 1. The number of thioether (sulfide) groups is 1. The van der Waals surface area contributed by atoms with Gasteiger partial charge < -0.3 is 19.6 Å². The van der Waals surface area contributed by atoms with Crippen molar-refractivity contribution >= 4 is 56.5 Å². The quantitative estimate of drug-likeness (QED) is 0.405. The van der Waals surface area contributed by atoms with Crippen molar-refractivity contribution in [1.82, 2.24) is 15.3 Å². The first-order valence-corrected chi connectivity index (χ1v) is 9.80. The molecule has 0 aromatic carbocycles. The molecule has 0 aliphatic heterocycles. The fourth-order valence-corrected chi connectivity index (χ4v) is 3.35. The maximum absolute atomic E-state index is 11.9. The largest absolute Gasteiger partial charge is 0.452 e. The minimum absolute atomic E-state index is 0.0827. The number of carbonyl (C=O) groups excluding carboxylic acids is 1. The fourth-order valence-electron chi connectivity index (χ4n) is 2.04. The maximum Gasteiger partial charge on any atom is 0.407 e. The summed E-state index contributed by atoms with van der Waals surface area (Å²) in [6, 6.07) is -0.659. The zero-order valence-corrected chi connectivity index (χ0v) is 17.5. The molecule has 2 aromatic heterocycles. The monoisotopic (exact) mass is 451 g/mol. The molecule has 25 heavy (non-hydrogen) atoms. The Kier molecular flexibility index (Phi) is 6.24. The van der Waals surface area contributed by atoms with Crippen LogP contribution in [0.25, 0.3) is 11.1 Å². The number of nitrogens with zero attached hydrogens (tertiary/aromatic N) is 2. The van der Waals surface area contributed by atoms with Gasteiger partial charge in [-0.05, 0) is 61.5 Å². The van der Waals surface area contributed by atoms with E-state index < -0.39 is 23.8 Å². The van der Waals surface area contributed by atoms with Gasteiger partial charge in [-0.3, -0.25) is 0 Å². The molecule has 1 amide bonds. The Morgan fingerprint density at radius 1 is 1.44 bits per heavy atom. The highest BCUT2D eigenvalue weighted by Crippen LogP contribution is 2.38. The number of nitrogens with one attached hydrogen (secondary N) is 1. The SMILES string of the molecule is CSc1nc(Cl)nc2c(Br)c(C(O)C(C)NC(=O)OC(C)(C)C)oc12. The molecule has 0 aliphatic carbocycles. The number of ether oxygens (including phenoxy) is 1. The highest BCUT2D eigenvalue weighted by molar-refractivity contribution is 9.10. The zero-order chi connectivity index (χ0) is 18.9. The Balaban J connectivity index is 2.28. The highest BCUT2D eigenvalue weighted by atomic mass is 79.9. The number of fused-ring (bicyclic) bond motifs is 1. The van der Waals surface area contributed by atoms with Crippen molar-refractivity contribution in [3.63, 3.8) is 0 Å². The molecule has 0 aliphatic rings. The normalized spacial score (nSPS) is 14.4. The standard InChI is InChI=1S/C15H19BrClN3O4S/c1-6(18-14(22)24-15(2,3)4)9(21)10-7(16)8-11(23-10)12(25-5)20-13(17)19-8/h6,9,21H,1-5H3,(H,18,22). The van der Waals surface area contributed by atoms with Crippen LogP contribution >= 0.6 is 39.3 Å². The molecule has 2 rings (SSSR count). The van der Waals surface area contributed by atoms with Gasteiger partial charge in [-0.1, -0.05) is 0 Å². The molecule has 0 saturated heterocycles. The van der Waals surface area contributed by atoms with Crippen molar-refractivity contribution in [2.24, 2.45) is 0 Å². The van der Waals surface area contributed by atoms with Crippen molar-refractivity contribution in [2.45, 2.75) is 50.5 Å². The first-order chi connectivity index (χ1) is 11.5. The summed E-state index contributed by atoms with van der Waals surface area (Å²) in [7, 11) is 0. The minimum atomic E-state index is -1.12. The third-order valence-electron chi connectivity index (χ3n) is 3.12. The minimum Gasteiger partial charge on any atom is -0.452 e. The molecular weight excluding hydrogens is 434 g/mol. The molecule has 2 atom stereocenters. The second kappa shape index (κ2) is 7.69. The van der Waals surface area contributed by atoms with E-state index in [-0.39, 0.29) is 11.0 Å². The van der Waals surface area contributed by atoms with Crippen LogP contribution in [0.5, 0.6) is 0 Å². The smallest absolute Gasteiger partial charge is 0.407 e. The molecule has 0 radical (unpaired) electrons. The van der Waals surface area contributed by atoms with Gasteiger partial charge in [-0.25, -0.2) is 14.8 Å². The van der Waals surface area contributed by atoms with E-state index in [9.17, 15) is 9.90 Å². The summed E-state index contributed by atoms with van der Waals surface area (Å²) in [4.78, 5) is 20.1. The van der Waals surface area contributed by atoms with Gasteiger partial charge >= 0.3 is 6.09 Å². The summed E-state index contributed by atoms with van der Waals surface area (Å²) < 4.78 is 11.4. The van der Waals surface area contributed by atoms with Gasteiger partial charge in [0.15, 0.2) is 11.3 Å². The van der Waals surface area contributed by atoms with Crippen LogP contribution < -0.4 is 5.32 Å². The first-order valence-electron chi connectivity index (χ1n) is 7.40. The van der Waals surface area contributed by atoms with Crippen LogP contribution in [0.3, 0.4) is 0 Å². The van der Waals surface area contributed by atoms with E-state index in [1.807, 2.05) is 6.26 Å². The van der Waals surface area contributed by atoms with Crippen LogP contribution in [-0.4, -0.2) is 39.1 Å². The summed E-state index contributed by atoms with van der Waals surface area (Å²) in [5.74, 6) is 0.227. The van der Waals surface area contributed by atoms with Crippen LogP contribution in [0.15, 0.2) is 13.9 Å². The van der Waals surface area contributed by atoms with Gasteiger partial charge in [-0.2, -0.15) is 0 Å². The summed E-state index contributed by atoms with van der Waals surface area (Å²) in [6.45, 7) is 6.92. The van der Waals surface area contributed by atoms with Crippen LogP contribution in [0.4, 0.5) is 4.79 Å². The van der Waals surface area contributed by atoms with Crippen LogP contribution in [0.1, 0.15) is 39.6 Å². The van der Waals surface area contributed by atoms with Crippen molar-refractivity contribution < 1.29 is 19.1 Å². The number of hydrogen-bond donors (Lipinski definition) is 2. The van der Waals surface area contributed by atoms with Gasteiger partial charge in [0.2, 0.25) is 5.28 Å². The number of rotatable bonds is 4.